The van der Waals surface area contributed by atoms with Crippen LogP contribution in [0.1, 0.15) is 182 Å². The van der Waals surface area contributed by atoms with Crippen LogP contribution >= 0.6 is 0 Å². The Kier molecular flexibility index (Phi) is 24.1. The van der Waals surface area contributed by atoms with Crippen LogP contribution in [0.5, 0.6) is 0 Å². The van der Waals surface area contributed by atoms with E-state index in [4.69, 9.17) is 0 Å². The molecule has 0 aromatic carbocycles. The van der Waals surface area contributed by atoms with E-state index in [-0.39, 0.29) is 0 Å². The topological polar surface area (TPSA) is 3.24 Å². The molecule has 0 aromatic rings. The van der Waals surface area contributed by atoms with E-state index in [0.717, 1.165) is 0 Å². The molecule has 0 aliphatic carbocycles. The van der Waals surface area contributed by atoms with Crippen LogP contribution in [0.25, 0.3) is 0 Å². The van der Waals surface area contributed by atoms with E-state index >= 15 is 0 Å². The van der Waals surface area contributed by atoms with Gasteiger partial charge in [0, 0.05) is 5.54 Å². The monoisotopic (exact) mass is 452 g/mol. The molecule has 0 amide bonds. The molecule has 0 N–H and O–H groups in total. The zero-order valence-corrected chi connectivity index (χ0v) is 23.6. The first-order chi connectivity index (χ1) is 15.6. The Balaban J connectivity index is 3.97. The van der Waals surface area contributed by atoms with Gasteiger partial charge in [0.1, 0.15) is 0 Å². The van der Waals surface area contributed by atoms with Gasteiger partial charge >= 0.3 is 0 Å². The summed E-state index contributed by atoms with van der Waals surface area (Å²) in [6.45, 7) is 14.6. The van der Waals surface area contributed by atoms with Gasteiger partial charge < -0.3 is 0 Å². The van der Waals surface area contributed by atoms with E-state index in [1.165, 1.54) is 161 Å². The highest BCUT2D eigenvalue weighted by molar-refractivity contribution is 4.81. The lowest BCUT2D eigenvalue weighted by molar-refractivity contribution is 0.103. The molecule has 0 fully saturated rings. The molecule has 32 heavy (non-hydrogen) atoms. The van der Waals surface area contributed by atoms with Crippen molar-refractivity contribution in [3.63, 3.8) is 0 Å². The van der Waals surface area contributed by atoms with E-state index in [9.17, 15) is 0 Å². The highest BCUT2D eigenvalue weighted by atomic mass is 15.2. The third-order valence-electron chi connectivity index (χ3n) is 7.56. The smallest absolute Gasteiger partial charge is 0.0153 e. The quantitative estimate of drug-likeness (QED) is 0.118. The Hall–Kier alpha value is -0.0400. The molecule has 0 radical (unpaired) electrons. The second-order valence-electron chi connectivity index (χ2n) is 11.3. The summed E-state index contributed by atoms with van der Waals surface area (Å²) in [5.74, 6) is 0. The highest BCUT2D eigenvalue weighted by Gasteiger charge is 2.25. The molecule has 0 rings (SSSR count). The van der Waals surface area contributed by atoms with Crippen molar-refractivity contribution in [1.29, 1.82) is 0 Å². The number of unbranched alkanes of at least 4 members (excludes halogenated alkanes) is 19. The molecule has 0 unspecified atom stereocenters. The molecular formula is C31H65N. The maximum atomic E-state index is 2.86. The van der Waals surface area contributed by atoms with E-state index < -0.39 is 0 Å². The third kappa shape index (κ3) is 20.6. The molecule has 0 spiro atoms. The second-order valence-corrected chi connectivity index (χ2v) is 11.3. The first kappa shape index (κ1) is 32.0. The molecule has 0 aromatic heterocycles. The lowest BCUT2D eigenvalue weighted by Crippen LogP contribution is -2.45. The Morgan fingerprint density at radius 1 is 0.375 bits per heavy atom. The van der Waals surface area contributed by atoms with Gasteiger partial charge in [-0.25, -0.2) is 0 Å². The van der Waals surface area contributed by atoms with Crippen LogP contribution in [0.15, 0.2) is 0 Å². The third-order valence-corrected chi connectivity index (χ3v) is 7.56. The molecule has 0 heterocycles. The summed E-state index contributed by atoms with van der Waals surface area (Å²) in [7, 11) is 0. The van der Waals surface area contributed by atoms with Crippen molar-refractivity contribution in [3.8, 4) is 0 Å². The number of rotatable bonds is 26. The van der Waals surface area contributed by atoms with E-state index in [1.54, 1.807) is 0 Å². The fraction of sp³-hybridized carbons (Fsp3) is 1.00. The van der Waals surface area contributed by atoms with Gasteiger partial charge in [-0.2, -0.15) is 0 Å². The summed E-state index contributed by atoms with van der Waals surface area (Å²) in [5, 5.41) is 0. The van der Waals surface area contributed by atoms with Crippen molar-refractivity contribution in [2.45, 2.75) is 188 Å². The van der Waals surface area contributed by atoms with Crippen LogP contribution in [-0.2, 0) is 0 Å². The first-order valence-electron chi connectivity index (χ1n) is 15.3. The average Bonchev–Trinajstić information content (AvgIpc) is 2.78. The maximum absolute atomic E-state index is 2.86. The Morgan fingerprint density at radius 2 is 0.656 bits per heavy atom. The molecule has 0 saturated heterocycles. The van der Waals surface area contributed by atoms with E-state index in [2.05, 4.69) is 39.5 Å². The van der Waals surface area contributed by atoms with Gasteiger partial charge in [0.25, 0.3) is 0 Å². The Labute approximate surface area is 205 Å². The maximum Gasteiger partial charge on any atom is 0.0153 e. The van der Waals surface area contributed by atoms with Crippen LogP contribution in [0, 0.1) is 0 Å². The number of hydrogen-bond acceptors (Lipinski definition) is 1. The zero-order chi connectivity index (χ0) is 23.8. The summed E-state index contributed by atoms with van der Waals surface area (Å²) in [6, 6.07) is 0. The van der Waals surface area contributed by atoms with Gasteiger partial charge in [-0.3, -0.25) is 4.90 Å². The van der Waals surface area contributed by atoms with Crippen LogP contribution in [0.2, 0.25) is 0 Å². The normalized spacial score (nSPS) is 12.2. The summed E-state index contributed by atoms with van der Waals surface area (Å²) in [5.41, 5.74) is 0.383. The standard InChI is InChI=1S/C31H65N/c1-6-9-12-14-16-18-20-22-24-26-29-32(31(4,5)28-11-8-3)30-27-25-23-21-19-17-15-13-10-7-2/h6-30H2,1-5H3. The van der Waals surface area contributed by atoms with Gasteiger partial charge in [0.2, 0.25) is 0 Å². The van der Waals surface area contributed by atoms with Crippen molar-refractivity contribution in [2.75, 3.05) is 13.1 Å². The molecule has 0 aliphatic rings. The van der Waals surface area contributed by atoms with E-state index in [0.29, 0.717) is 5.54 Å². The van der Waals surface area contributed by atoms with Crippen molar-refractivity contribution in [1.82, 2.24) is 4.90 Å². The van der Waals surface area contributed by atoms with Crippen LogP contribution < -0.4 is 0 Å². The van der Waals surface area contributed by atoms with Crippen molar-refractivity contribution in [2.24, 2.45) is 0 Å². The van der Waals surface area contributed by atoms with Crippen LogP contribution in [0.3, 0.4) is 0 Å². The van der Waals surface area contributed by atoms with Gasteiger partial charge in [-0.15, -0.1) is 0 Å². The summed E-state index contributed by atoms with van der Waals surface area (Å²) < 4.78 is 0. The fourth-order valence-electron chi connectivity index (χ4n) is 5.06. The predicted octanol–water partition coefficient (Wildman–Crippen LogP) is 11.1. The summed E-state index contributed by atoms with van der Waals surface area (Å²) in [6.07, 6.45) is 32.9. The van der Waals surface area contributed by atoms with Gasteiger partial charge in [-0.05, 0) is 46.2 Å². The molecule has 0 atom stereocenters. The van der Waals surface area contributed by atoms with Gasteiger partial charge in [-0.1, -0.05) is 149 Å². The largest absolute Gasteiger partial charge is 0.298 e. The minimum absolute atomic E-state index is 0.383. The van der Waals surface area contributed by atoms with E-state index in [1.807, 2.05) is 0 Å². The summed E-state index contributed by atoms with van der Waals surface area (Å²) in [4.78, 5) is 2.86. The summed E-state index contributed by atoms with van der Waals surface area (Å²) >= 11 is 0. The van der Waals surface area contributed by atoms with Crippen LogP contribution in [0.4, 0.5) is 0 Å². The zero-order valence-electron chi connectivity index (χ0n) is 23.6. The molecule has 0 saturated carbocycles. The number of hydrogen-bond donors (Lipinski definition) is 0. The predicted molar refractivity (Wildman–Crippen MR) is 149 cm³/mol. The van der Waals surface area contributed by atoms with Gasteiger partial charge in [0.15, 0.2) is 0 Å². The molecule has 194 valence electrons. The Morgan fingerprint density at radius 3 is 0.969 bits per heavy atom. The fourth-order valence-corrected chi connectivity index (χ4v) is 5.06. The van der Waals surface area contributed by atoms with Crippen LogP contribution in [-0.4, -0.2) is 23.5 Å². The van der Waals surface area contributed by atoms with Gasteiger partial charge in [0.05, 0.1) is 0 Å². The minimum Gasteiger partial charge on any atom is -0.298 e. The molecule has 0 bridgehead atoms. The van der Waals surface area contributed by atoms with Crippen molar-refractivity contribution < 1.29 is 0 Å². The molecule has 1 heteroatoms. The SMILES string of the molecule is CCCCCCCCCCCCN(CCCCCCCCCCCC)C(C)(C)CCCC. The number of nitrogens with zero attached hydrogens (tertiary/aromatic N) is 1. The minimum atomic E-state index is 0.383. The van der Waals surface area contributed by atoms with Crippen molar-refractivity contribution in [3.05, 3.63) is 0 Å². The molecule has 0 aliphatic heterocycles. The second kappa shape index (κ2) is 24.1. The van der Waals surface area contributed by atoms with Crippen molar-refractivity contribution >= 4 is 0 Å². The highest BCUT2D eigenvalue weighted by Crippen LogP contribution is 2.24. The molecular weight excluding hydrogens is 386 g/mol. The lowest BCUT2D eigenvalue weighted by atomic mass is 9.94. The lowest BCUT2D eigenvalue weighted by Gasteiger charge is -2.39. The molecule has 1 nitrogen and oxygen atoms in total. The first-order valence-corrected chi connectivity index (χ1v) is 15.3. The average molecular weight is 452 g/mol. The Bertz CT molecular complexity index is 324.